The van der Waals surface area contributed by atoms with Crippen LogP contribution in [0.15, 0.2) is 66.2 Å². The number of carbonyl (C=O) groups excluding carboxylic acids is 2. The van der Waals surface area contributed by atoms with Crippen LogP contribution in [0.2, 0.25) is 0 Å². The van der Waals surface area contributed by atoms with Gasteiger partial charge in [0.2, 0.25) is 0 Å². The normalized spacial score (nSPS) is 15.4. The van der Waals surface area contributed by atoms with Crippen molar-refractivity contribution in [2.24, 2.45) is 0 Å². The molecule has 0 spiro atoms. The van der Waals surface area contributed by atoms with Gasteiger partial charge in [-0.1, -0.05) is 36.4 Å². The number of thiocarbonyl (C=S) groups is 1. The number of hydrogen-bond acceptors (Lipinski definition) is 5. The second-order valence-corrected chi connectivity index (χ2v) is 7.18. The summed E-state index contributed by atoms with van der Waals surface area (Å²) in [5.74, 6) is 0.0955. The van der Waals surface area contributed by atoms with E-state index in [1.54, 1.807) is 37.5 Å². The van der Waals surface area contributed by atoms with Gasteiger partial charge in [0.1, 0.15) is 17.1 Å². The molecule has 0 aliphatic carbocycles. The largest absolute Gasteiger partial charge is 0.496 e. The van der Waals surface area contributed by atoms with Gasteiger partial charge in [-0.2, -0.15) is 0 Å². The third-order valence-corrected chi connectivity index (χ3v) is 5.21. The van der Waals surface area contributed by atoms with Crippen molar-refractivity contribution >= 4 is 51.7 Å². The minimum atomic E-state index is -0.554. The van der Waals surface area contributed by atoms with Crippen LogP contribution in [-0.4, -0.2) is 30.6 Å². The highest BCUT2D eigenvalue weighted by Gasteiger charge is 2.35. The number of nitrogens with one attached hydrogen (secondary N) is 1. The fraction of sp³-hybridized carbons (Fsp3) is 0.125. The van der Waals surface area contributed by atoms with Crippen LogP contribution >= 0.6 is 12.2 Å². The molecular formula is C24H20N2O4S. The second kappa shape index (κ2) is 8.57. The monoisotopic (exact) mass is 432 g/mol. The van der Waals surface area contributed by atoms with Crippen molar-refractivity contribution in [3.8, 4) is 11.5 Å². The van der Waals surface area contributed by atoms with Gasteiger partial charge in [0.15, 0.2) is 5.11 Å². The second-order valence-electron chi connectivity index (χ2n) is 6.79. The molecule has 7 heteroatoms. The molecule has 6 nitrogen and oxygen atoms in total. The van der Waals surface area contributed by atoms with E-state index in [0.717, 1.165) is 10.8 Å². The third-order valence-electron chi connectivity index (χ3n) is 4.93. The first kappa shape index (κ1) is 20.6. The lowest BCUT2D eigenvalue weighted by molar-refractivity contribution is -0.122. The quantitative estimate of drug-likeness (QED) is 0.374. The lowest BCUT2D eigenvalue weighted by atomic mass is 9.99. The smallest absolute Gasteiger partial charge is 0.270 e. The van der Waals surface area contributed by atoms with Gasteiger partial charge in [-0.05, 0) is 54.2 Å². The summed E-state index contributed by atoms with van der Waals surface area (Å²) in [7, 11) is 1.55. The first-order valence-electron chi connectivity index (χ1n) is 9.73. The molecule has 0 radical (unpaired) electrons. The Hall–Kier alpha value is -3.71. The Morgan fingerprint density at radius 3 is 2.65 bits per heavy atom. The number of carbonyl (C=O) groups is 2. The summed E-state index contributed by atoms with van der Waals surface area (Å²) in [5.41, 5.74) is 1.12. The average Bonchev–Trinajstić information content (AvgIpc) is 2.77. The maximum absolute atomic E-state index is 13.4. The van der Waals surface area contributed by atoms with E-state index in [9.17, 15) is 9.59 Å². The molecule has 1 N–H and O–H groups in total. The van der Waals surface area contributed by atoms with Crippen molar-refractivity contribution < 1.29 is 19.1 Å². The number of anilines is 1. The molecule has 0 bridgehead atoms. The molecule has 4 rings (SSSR count). The van der Waals surface area contributed by atoms with Crippen molar-refractivity contribution in [1.82, 2.24) is 5.32 Å². The van der Waals surface area contributed by atoms with E-state index < -0.39 is 11.8 Å². The standard InChI is InChI=1S/C24H20N2O4S/c1-3-30-17-9-6-8-16(13-17)26-23(28)20(22(27)25-24(26)31)14-19-18-10-5-4-7-15(18)11-12-21(19)29-2/h4-14H,3H2,1-2H3,(H,25,27,31)/b20-14-. The van der Waals surface area contributed by atoms with E-state index in [4.69, 9.17) is 21.7 Å². The van der Waals surface area contributed by atoms with E-state index in [-0.39, 0.29) is 10.7 Å². The number of hydrogen-bond donors (Lipinski definition) is 1. The van der Waals surface area contributed by atoms with Crippen LogP contribution in [0.5, 0.6) is 11.5 Å². The van der Waals surface area contributed by atoms with Gasteiger partial charge >= 0.3 is 0 Å². The Bertz CT molecular complexity index is 1240. The van der Waals surface area contributed by atoms with Crippen molar-refractivity contribution in [3.63, 3.8) is 0 Å². The summed E-state index contributed by atoms with van der Waals surface area (Å²) >= 11 is 5.29. The summed E-state index contributed by atoms with van der Waals surface area (Å²) in [6.45, 7) is 2.37. The first-order chi connectivity index (χ1) is 15.0. The molecule has 0 unspecified atom stereocenters. The van der Waals surface area contributed by atoms with Crippen molar-refractivity contribution in [3.05, 3.63) is 71.8 Å². The fourth-order valence-corrected chi connectivity index (χ4v) is 3.80. The Kier molecular flexibility index (Phi) is 5.68. The molecular weight excluding hydrogens is 412 g/mol. The SMILES string of the molecule is CCOc1cccc(N2C(=O)/C(=C\c3c(OC)ccc4ccccc34)C(=O)NC2=S)c1. The number of fused-ring (bicyclic) bond motifs is 1. The molecule has 1 saturated heterocycles. The molecule has 2 amide bonds. The molecule has 0 atom stereocenters. The van der Waals surface area contributed by atoms with Gasteiger partial charge in [0.25, 0.3) is 11.8 Å². The number of benzene rings is 3. The average molecular weight is 433 g/mol. The zero-order valence-corrected chi connectivity index (χ0v) is 17.9. The highest BCUT2D eigenvalue weighted by molar-refractivity contribution is 7.80. The maximum Gasteiger partial charge on any atom is 0.270 e. The number of rotatable bonds is 5. The Balaban J connectivity index is 1.82. The minimum absolute atomic E-state index is 0.0192. The van der Waals surface area contributed by atoms with Crippen LogP contribution in [0.3, 0.4) is 0 Å². The molecule has 31 heavy (non-hydrogen) atoms. The van der Waals surface area contributed by atoms with Gasteiger partial charge in [-0.3, -0.25) is 19.8 Å². The van der Waals surface area contributed by atoms with Crippen LogP contribution < -0.4 is 19.7 Å². The van der Waals surface area contributed by atoms with Gasteiger partial charge in [-0.25, -0.2) is 0 Å². The Morgan fingerprint density at radius 1 is 1.06 bits per heavy atom. The molecule has 1 heterocycles. The minimum Gasteiger partial charge on any atom is -0.496 e. The lowest BCUT2D eigenvalue weighted by Crippen LogP contribution is -2.54. The Labute approximate surface area is 185 Å². The predicted octanol–water partition coefficient (Wildman–Crippen LogP) is 4.08. The van der Waals surface area contributed by atoms with Gasteiger partial charge in [0, 0.05) is 11.6 Å². The van der Waals surface area contributed by atoms with Crippen molar-refractivity contribution in [2.75, 3.05) is 18.6 Å². The van der Waals surface area contributed by atoms with Gasteiger partial charge in [-0.15, -0.1) is 0 Å². The third kappa shape index (κ3) is 3.87. The van der Waals surface area contributed by atoms with Crippen LogP contribution in [0.25, 0.3) is 16.8 Å². The molecule has 1 fully saturated rings. The predicted molar refractivity (Wildman–Crippen MR) is 124 cm³/mol. The van der Waals surface area contributed by atoms with E-state index >= 15 is 0 Å². The molecule has 3 aromatic carbocycles. The maximum atomic E-state index is 13.4. The molecule has 1 aliphatic rings. The van der Waals surface area contributed by atoms with Crippen LogP contribution in [0.1, 0.15) is 12.5 Å². The lowest BCUT2D eigenvalue weighted by Gasteiger charge is -2.29. The van der Waals surface area contributed by atoms with Crippen LogP contribution in [-0.2, 0) is 9.59 Å². The zero-order chi connectivity index (χ0) is 22.0. The first-order valence-corrected chi connectivity index (χ1v) is 10.1. The van der Waals surface area contributed by atoms with E-state index in [1.165, 1.54) is 4.90 Å². The molecule has 0 saturated carbocycles. The van der Waals surface area contributed by atoms with Gasteiger partial charge < -0.3 is 9.47 Å². The van der Waals surface area contributed by atoms with Gasteiger partial charge in [0.05, 0.1) is 19.4 Å². The van der Waals surface area contributed by atoms with Crippen LogP contribution in [0, 0.1) is 0 Å². The highest BCUT2D eigenvalue weighted by Crippen LogP contribution is 2.32. The topological polar surface area (TPSA) is 67.9 Å². The van der Waals surface area contributed by atoms with Crippen molar-refractivity contribution in [2.45, 2.75) is 6.92 Å². The fourth-order valence-electron chi connectivity index (χ4n) is 3.52. The Morgan fingerprint density at radius 2 is 1.87 bits per heavy atom. The molecule has 156 valence electrons. The number of methoxy groups -OCH3 is 1. The number of amides is 2. The molecule has 1 aliphatic heterocycles. The zero-order valence-electron chi connectivity index (χ0n) is 17.0. The summed E-state index contributed by atoms with van der Waals surface area (Å²) < 4.78 is 11.0. The summed E-state index contributed by atoms with van der Waals surface area (Å²) in [6, 6.07) is 18.5. The number of ether oxygens (including phenoxy) is 2. The number of nitrogens with zero attached hydrogens (tertiary/aromatic N) is 1. The van der Waals surface area contributed by atoms with E-state index in [1.807, 2.05) is 43.3 Å². The summed E-state index contributed by atoms with van der Waals surface area (Å²) in [5, 5.41) is 4.47. The van der Waals surface area contributed by atoms with Crippen molar-refractivity contribution in [1.29, 1.82) is 0 Å². The summed E-state index contributed by atoms with van der Waals surface area (Å²) in [4.78, 5) is 27.4. The molecule has 0 aromatic heterocycles. The summed E-state index contributed by atoms with van der Waals surface area (Å²) in [6.07, 6.45) is 1.56. The van der Waals surface area contributed by atoms with E-state index in [0.29, 0.717) is 29.4 Å². The van der Waals surface area contributed by atoms with E-state index in [2.05, 4.69) is 5.32 Å². The highest BCUT2D eigenvalue weighted by atomic mass is 32.1. The van der Waals surface area contributed by atoms with Crippen LogP contribution in [0.4, 0.5) is 5.69 Å². The molecule has 3 aromatic rings.